The number of benzene rings is 1. The Morgan fingerprint density at radius 1 is 1.11 bits per heavy atom. The third-order valence-corrected chi connectivity index (χ3v) is 7.36. The van der Waals surface area contributed by atoms with Gasteiger partial charge in [-0.05, 0) is 62.1 Å². The van der Waals surface area contributed by atoms with Crippen LogP contribution in [0.25, 0.3) is 10.9 Å². The second-order valence-electron chi connectivity index (χ2n) is 9.15. The average molecular weight is 366 g/mol. The van der Waals surface area contributed by atoms with Gasteiger partial charge in [-0.1, -0.05) is 18.6 Å². The fourth-order valence-electron chi connectivity index (χ4n) is 5.45. The molecule has 3 aliphatic heterocycles. The van der Waals surface area contributed by atoms with Crippen molar-refractivity contribution in [1.82, 2.24) is 14.4 Å². The van der Waals surface area contributed by atoms with E-state index >= 15 is 0 Å². The summed E-state index contributed by atoms with van der Waals surface area (Å²) in [6, 6.07) is 8.99. The van der Waals surface area contributed by atoms with Gasteiger partial charge in [0.25, 0.3) is 5.91 Å². The minimum atomic E-state index is 0.218. The highest BCUT2D eigenvalue weighted by molar-refractivity contribution is 5.99. The Balaban J connectivity index is 1.39. The maximum Gasteiger partial charge on any atom is 0.270 e. The second-order valence-corrected chi connectivity index (χ2v) is 9.15. The molecule has 2 aromatic rings. The van der Waals surface area contributed by atoms with E-state index in [0.29, 0.717) is 12.0 Å². The molecule has 1 aromatic heterocycles. The molecule has 0 radical (unpaired) electrons. The number of carbonyl (C=O) groups excluding carboxylic acids is 1. The number of fused-ring (bicyclic) bond motifs is 5. The van der Waals surface area contributed by atoms with Gasteiger partial charge in [-0.3, -0.25) is 9.69 Å². The number of carbonyl (C=O) groups is 1. The number of hydrogen-bond acceptors (Lipinski definition) is 2. The number of aryl methyl sites for hydroxylation is 2. The lowest BCUT2D eigenvalue weighted by Gasteiger charge is -2.40. The molecule has 2 bridgehead atoms. The Hall–Kier alpha value is -1.81. The summed E-state index contributed by atoms with van der Waals surface area (Å²) in [6.07, 6.45) is 6.77. The molecule has 27 heavy (non-hydrogen) atoms. The molecule has 4 heteroatoms. The Bertz CT molecular complexity index is 866. The van der Waals surface area contributed by atoms with Gasteiger partial charge >= 0.3 is 0 Å². The number of aromatic nitrogens is 1. The van der Waals surface area contributed by atoms with Crippen LogP contribution < -0.4 is 0 Å². The van der Waals surface area contributed by atoms with Crippen LogP contribution in [-0.2, 0) is 7.05 Å². The van der Waals surface area contributed by atoms with Crippen LogP contribution >= 0.6 is 0 Å². The van der Waals surface area contributed by atoms with Crippen LogP contribution in [-0.4, -0.2) is 52.5 Å². The molecule has 3 saturated heterocycles. The van der Waals surface area contributed by atoms with Crippen molar-refractivity contribution in [2.24, 2.45) is 18.9 Å². The van der Waals surface area contributed by atoms with E-state index < -0.39 is 0 Å². The van der Waals surface area contributed by atoms with Gasteiger partial charge < -0.3 is 9.47 Å². The van der Waals surface area contributed by atoms with Crippen molar-refractivity contribution < 1.29 is 4.79 Å². The van der Waals surface area contributed by atoms with Gasteiger partial charge in [-0.15, -0.1) is 0 Å². The monoisotopic (exact) mass is 365 g/mol. The first-order chi connectivity index (χ1) is 13.1. The minimum Gasteiger partial charge on any atom is -0.340 e. The first-order valence-electron chi connectivity index (χ1n) is 10.7. The maximum absolute atomic E-state index is 13.5. The second kappa shape index (κ2) is 6.66. The zero-order valence-corrected chi connectivity index (χ0v) is 16.7. The van der Waals surface area contributed by atoms with Gasteiger partial charge in [0.15, 0.2) is 0 Å². The van der Waals surface area contributed by atoms with E-state index in [1.807, 2.05) is 7.05 Å². The van der Waals surface area contributed by atoms with E-state index in [4.69, 9.17) is 0 Å². The van der Waals surface area contributed by atoms with E-state index in [1.165, 1.54) is 56.1 Å². The smallest absolute Gasteiger partial charge is 0.270 e. The Kier molecular flexibility index (Phi) is 4.27. The standard InChI is InChI=1S/C23H31N3O/c1-16-5-3-8-21-20(16)11-22(24(21)2)23(27)26-14-18-9-10-19(15-26)25(13-18)12-17-6-4-7-17/h3,5,8,11,17-19H,4,6-7,9-10,12-15H2,1-2H3. The Morgan fingerprint density at radius 3 is 2.70 bits per heavy atom. The molecule has 1 saturated carbocycles. The summed E-state index contributed by atoms with van der Waals surface area (Å²) in [7, 11) is 2.03. The van der Waals surface area contributed by atoms with Gasteiger partial charge in [-0.25, -0.2) is 0 Å². The summed E-state index contributed by atoms with van der Waals surface area (Å²) in [6.45, 7) is 6.41. The highest BCUT2D eigenvalue weighted by Gasteiger charge is 2.38. The van der Waals surface area contributed by atoms with Gasteiger partial charge in [0.2, 0.25) is 0 Å². The van der Waals surface area contributed by atoms with Crippen LogP contribution in [0, 0.1) is 18.8 Å². The topological polar surface area (TPSA) is 28.5 Å². The zero-order chi connectivity index (χ0) is 18.5. The molecular formula is C23H31N3O. The molecule has 1 amide bonds. The number of nitrogens with zero attached hydrogens (tertiary/aromatic N) is 3. The molecule has 1 aromatic carbocycles. The third kappa shape index (κ3) is 2.98. The summed E-state index contributed by atoms with van der Waals surface area (Å²) in [4.78, 5) is 18.3. The van der Waals surface area contributed by atoms with Crippen molar-refractivity contribution in [2.75, 3.05) is 26.2 Å². The van der Waals surface area contributed by atoms with E-state index in [9.17, 15) is 4.79 Å². The quantitative estimate of drug-likeness (QED) is 0.827. The molecule has 1 aliphatic carbocycles. The summed E-state index contributed by atoms with van der Waals surface area (Å²) in [5.74, 6) is 1.77. The average Bonchev–Trinajstić information content (AvgIpc) is 2.78. The van der Waals surface area contributed by atoms with Crippen molar-refractivity contribution in [3.8, 4) is 0 Å². The van der Waals surface area contributed by atoms with E-state index in [0.717, 1.165) is 30.2 Å². The largest absolute Gasteiger partial charge is 0.340 e. The lowest BCUT2D eigenvalue weighted by Crippen LogP contribution is -2.47. The molecule has 6 rings (SSSR count). The van der Waals surface area contributed by atoms with Gasteiger partial charge in [0, 0.05) is 50.2 Å². The van der Waals surface area contributed by atoms with Crippen LogP contribution in [0.4, 0.5) is 0 Å². The minimum absolute atomic E-state index is 0.218. The van der Waals surface area contributed by atoms with Crippen LogP contribution in [0.15, 0.2) is 24.3 Å². The highest BCUT2D eigenvalue weighted by atomic mass is 16.2. The maximum atomic E-state index is 13.5. The molecule has 4 heterocycles. The lowest BCUT2D eigenvalue weighted by atomic mass is 9.83. The molecule has 4 nitrogen and oxygen atoms in total. The number of amides is 1. The van der Waals surface area contributed by atoms with Crippen LogP contribution in [0.5, 0.6) is 0 Å². The molecule has 0 N–H and O–H groups in total. The first-order valence-corrected chi connectivity index (χ1v) is 10.7. The third-order valence-electron chi connectivity index (χ3n) is 7.36. The molecule has 2 atom stereocenters. The summed E-state index contributed by atoms with van der Waals surface area (Å²) in [5.41, 5.74) is 3.23. The number of rotatable bonds is 3. The fourth-order valence-corrected chi connectivity index (χ4v) is 5.45. The van der Waals surface area contributed by atoms with Crippen LogP contribution in [0.2, 0.25) is 0 Å². The number of hydrogen-bond donors (Lipinski definition) is 0. The molecule has 0 spiro atoms. The fraction of sp³-hybridized carbons (Fsp3) is 0.609. The highest BCUT2D eigenvalue weighted by Crippen LogP contribution is 2.34. The van der Waals surface area contributed by atoms with Crippen molar-refractivity contribution in [3.63, 3.8) is 0 Å². The SMILES string of the molecule is Cc1cccc2c1cc(C(=O)N1CC3CCC(C1)N(CC1CCC1)C3)n2C. The van der Waals surface area contributed by atoms with Crippen LogP contribution in [0.1, 0.15) is 48.2 Å². The van der Waals surface area contributed by atoms with Crippen molar-refractivity contribution in [2.45, 2.75) is 45.1 Å². The normalized spacial score (nSPS) is 26.4. The van der Waals surface area contributed by atoms with Gasteiger partial charge in [0.05, 0.1) is 0 Å². The summed E-state index contributed by atoms with van der Waals surface area (Å²) < 4.78 is 2.09. The molecular weight excluding hydrogens is 334 g/mol. The Morgan fingerprint density at radius 2 is 1.96 bits per heavy atom. The van der Waals surface area contributed by atoms with Gasteiger partial charge in [0.1, 0.15) is 5.69 Å². The van der Waals surface area contributed by atoms with Crippen LogP contribution in [0.3, 0.4) is 0 Å². The van der Waals surface area contributed by atoms with Gasteiger partial charge in [-0.2, -0.15) is 0 Å². The van der Waals surface area contributed by atoms with E-state index in [1.54, 1.807) is 0 Å². The van der Waals surface area contributed by atoms with Crippen molar-refractivity contribution in [1.29, 1.82) is 0 Å². The Labute approximate surface area is 162 Å². The predicted molar refractivity (Wildman–Crippen MR) is 109 cm³/mol. The summed E-state index contributed by atoms with van der Waals surface area (Å²) >= 11 is 0. The molecule has 4 aliphatic rings. The number of piperidine rings is 1. The lowest BCUT2D eigenvalue weighted by molar-refractivity contribution is 0.0709. The first kappa shape index (κ1) is 17.3. The molecule has 4 fully saturated rings. The predicted octanol–water partition coefficient (Wildman–Crippen LogP) is 3.82. The van der Waals surface area contributed by atoms with E-state index in [-0.39, 0.29) is 5.91 Å². The molecule has 2 unspecified atom stereocenters. The zero-order valence-electron chi connectivity index (χ0n) is 16.7. The summed E-state index contributed by atoms with van der Waals surface area (Å²) in [5, 5.41) is 1.20. The van der Waals surface area contributed by atoms with Crippen molar-refractivity contribution >= 4 is 16.8 Å². The van der Waals surface area contributed by atoms with Crippen molar-refractivity contribution in [3.05, 3.63) is 35.5 Å². The molecule has 144 valence electrons. The van der Waals surface area contributed by atoms with E-state index in [2.05, 4.69) is 45.6 Å².